The van der Waals surface area contributed by atoms with Gasteiger partial charge in [-0.2, -0.15) is 0 Å². The second kappa shape index (κ2) is 4.22. The molecule has 1 aliphatic carbocycles. The summed E-state index contributed by atoms with van der Waals surface area (Å²) >= 11 is 0. The predicted molar refractivity (Wildman–Crippen MR) is 77.2 cm³/mol. The van der Waals surface area contributed by atoms with E-state index in [1.165, 1.54) is 19.3 Å². The van der Waals surface area contributed by atoms with Gasteiger partial charge in [-0.25, -0.2) is 4.79 Å². The fourth-order valence-corrected chi connectivity index (χ4v) is 4.82. The van der Waals surface area contributed by atoms with Gasteiger partial charge in [-0.15, -0.1) is 0 Å². The van der Waals surface area contributed by atoms with E-state index < -0.39 is 8.07 Å². The van der Waals surface area contributed by atoms with Crippen LogP contribution in [0.5, 0.6) is 0 Å². The molecule has 3 heteroatoms. The largest absolute Gasteiger partial charge is 0.452 e. The first-order valence-corrected chi connectivity index (χ1v) is 10.1. The molecule has 0 aromatic carbocycles. The van der Waals surface area contributed by atoms with E-state index >= 15 is 0 Å². The maximum absolute atomic E-state index is 12.3. The lowest BCUT2D eigenvalue weighted by Gasteiger charge is -2.36. The summed E-state index contributed by atoms with van der Waals surface area (Å²) in [5.41, 5.74) is -0.236. The molecule has 0 N–H and O–H groups in total. The van der Waals surface area contributed by atoms with Crippen molar-refractivity contribution in [2.45, 2.75) is 76.6 Å². The van der Waals surface area contributed by atoms with Gasteiger partial charge in [-0.3, -0.25) is 0 Å². The van der Waals surface area contributed by atoms with Gasteiger partial charge in [0.2, 0.25) is 0 Å². The number of carbonyl (C=O) groups excluding carboxylic acids is 1. The summed E-state index contributed by atoms with van der Waals surface area (Å²) in [5, 5.41) is 1.22. The van der Waals surface area contributed by atoms with Crippen LogP contribution in [0, 0.1) is 0 Å². The van der Waals surface area contributed by atoms with E-state index in [1.807, 2.05) is 0 Å². The van der Waals surface area contributed by atoms with Crippen LogP contribution in [0.2, 0.25) is 18.1 Å². The van der Waals surface area contributed by atoms with Crippen molar-refractivity contribution in [1.29, 1.82) is 0 Å². The Balaban J connectivity index is 2.33. The van der Waals surface area contributed by atoms with Crippen molar-refractivity contribution in [1.82, 2.24) is 0 Å². The highest BCUT2D eigenvalue weighted by Gasteiger charge is 2.49. The zero-order chi connectivity index (χ0) is 13.6. The smallest absolute Gasteiger partial charge is 0.330 e. The summed E-state index contributed by atoms with van der Waals surface area (Å²) in [4.78, 5) is 12.3. The number of hydrogen-bond acceptors (Lipinski definition) is 2. The zero-order valence-electron chi connectivity index (χ0n) is 12.4. The molecule has 0 unspecified atom stereocenters. The van der Waals surface area contributed by atoms with Gasteiger partial charge >= 0.3 is 5.97 Å². The molecule has 2 rings (SSSR count). The van der Waals surface area contributed by atoms with Crippen molar-refractivity contribution in [3.63, 3.8) is 0 Å². The molecule has 1 aliphatic heterocycles. The van der Waals surface area contributed by atoms with E-state index in [4.69, 9.17) is 4.74 Å². The Labute approximate surface area is 112 Å². The lowest BCUT2D eigenvalue weighted by molar-refractivity contribution is -0.148. The number of hydrogen-bond donors (Lipinski definition) is 0. The SMILES string of the molecule is CC(C)(C)[Si](C)(C)C1=CC2(CCCCC2)OC1=O. The van der Waals surface area contributed by atoms with Crippen molar-refractivity contribution in [2.75, 3.05) is 0 Å². The molecule has 0 bridgehead atoms. The topological polar surface area (TPSA) is 26.3 Å². The van der Waals surface area contributed by atoms with Gasteiger partial charge in [-0.05, 0) is 36.8 Å². The molecule has 0 aromatic rings. The van der Waals surface area contributed by atoms with Crippen LogP contribution in [-0.2, 0) is 9.53 Å². The molecule has 1 fully saturated rings. The Morgan fingerprint density at radius 1 is 1.17 bits per heavy atom. The maximum atomic E-state index is 12.3. The molecule has 0 amide bonds. The minimum atomic E-state index is -1.76. The third-order valence-electron chi connectivity index (χ3n) is 5.17. The van der Waals surface area contributed by atoms with E-state index in [2.05, 4.69) is 39.9 Å². The minimum Gasteiger partial charge on any atom is -0.452 e. The van der Waals surface area contributed by atoms with E-state index in [9.17, 15) is 4.79 Å². The van der Waals surface area contributed by atoms with Crippen LogP contribution in [-0.4, -0.2) is 19.6 Å². The minimum absolute atomic E-state index is 0.0245. The van der Waals surface area contributed by atoms with Crippen molar-refractivity contribution in [3.8, 4) is 0 Å². The third-order valence-corrected chi connectivity index (χ3v) is 10.6. The summed E-state index contributed by atoms with van der Waals surface area (Å²) in [6, 6.07) is 0. The molecule has 1 spiro atoms. The van der Waals surface area contributed by atoms with Gasteiger partial charge < -0.3 is 4.74 Å². The third kappa shape index (κ3) is 2.17. The van der Waals surface area contributed by atoms with Crippen molar-refractivity contribution in [2.24, 2.45) is 0 Å². The molecule has 0 atom stereocenters. The average Bonchev–Trinajstić information content (AvgIpc) is 2.55. The van der Waals surface area contributed by atoms with Crippen molar-refractivity contribution in [3.05, 3.63) is 11.3 Å². The Bertz CT molecular complexity index is 382. The highest BCUT2D eigenvalue weighted by Crippen LogP contribution is 2.46. The average molecular weight is 266 g/mol. The Morgan fingerprint density at radius 2 is 1.72 bits per heavy atom. The van der Waals surface area contributed by atoms with Crippen LogP contribution in [0.1, 0.15) is 52.9 Å². The van der Waals surface area contributed by atoms with Crippen LogP contribution >= 0.6 is 0 Å². The van der Waals surface area contributed by atoms with Gasteiger partial charge in [-0.1, -0.05) is 40.3 Å². The van der Waals surface area contributed by atoms with Gasteiger partial charge in [0.05, 0.1) is 8.07 Å². The lowest BCUT2D eigenvalue weighted by atomic mass is 9.85. The Kier molecular flexibility index (Phi) is 3.25. The Morgan fingerprint density at radius 3 is 2.22 bits per heavy atom. The molecule has 1 saturated carbocycles. The number of carbonyl (C=O) groups is 1. The van der Waals surface area contributed by atoms with Crippen molar-refractivity contribution >= 4 is 14.0 Å². The fraction of sp³-hybridized carbons (Fsp3) is 0.800. The van der Waals surface area contributed by atoms with Gasteiger partial charge in [0, 0.05) is 5.20 Å². The first kappa shape index (κ1) is 13.8. The predicted octanol–water partition coefficient (Wildman–Crippen LogP) is 4.22. The summed E-state index contributed by atoms with van der Waals surface area (Å²) in [6.45, 7) is 11.3. The van der Waals surface area contributed by atoms with Gasteiger partial charge in [0.15, 0.2) is 0 Å². The van der Waals surface area contributed by atoms with Crippen LogP contribution in [0.3, 0.4) is 0 Å². The molecule has 0 saturated heterocycles. The Hall–Kier alpha value is -0.573. The molecule has 0 radical (unpaired) electrons. The zero-order valence-corrected chi connectivity index (χ0v) is 13.4. The second-order valence-corrected chi connectivity index (χ2v) is 12.7. The molecule has 0 aromatic heterocycles. The second-order valence-electron chi connectivity index (χ2n) is 7.45. The van der Waals surface area contributed by atoms with Crippen LogP contribution in [0.4, 0.5) is 0 Å². The molecule has 18 heavy (non-hydrogen) atoms. The monoisotopic (exact) mass is 266 g/mol. The van der Waals surface area contributed by atoms with Crippen molar-refractivity contribution < 1.29 is 9.53 Å². The van der Waals surface area contributed by atoms with E-state index in [0.29, 0.717) is 0 Å². The summed E-state index contributed by atoms with van der Waals surface area (Å²) in [5.74, 6) is -0.0245. The van der Waals surface area contributed by atoms with Crippen LogP contribution < -0.4 is 0 Å². The highest BCUT2D eigenvalue weighted by molar-refractivity contribution is 6.90. The molecular weight excluding hydrogens is 240 g/mol. The van der Waals surface area contributed by atoms with Crippen LogP contribution in [0.25, 0.3) is 0 Å². The van der Waals surface area contributed by atoms with E-state index in [-0.39, 0.29) is 16.6 Å². The lowest BCUT2D eigenvalue weighted by Crippen LogP contribution is -2.41. The molecule has 2 nitrogen and oxygen atoms in total. The number of ether oxygens (including phenoxy) is 1. The summed E-state index contributed by atoms with van der Waals surface area (Å²) in [6.07, 6.45) is 7.92. The summed E-state index contributed by atoms with van der Waals surface area (Å²) in [7, 11) is -1.76. The molecule has 2 aliphatic rings. The molecular formula is C15H26O2Si. The highest BCUT2D eigenvalue weighted by atomic mass is 28.3. The normalized spacial score (nSPS) is 24.1. The van der Waals surface area contributed by atoms with E-state index in [0.717, 1.165) is 18.0 Å². The van der Waals surface area contributed by atoms with Gasteiger partial charge in [0.1, 0.15) is 5.60 Å². The summed E-state index contributed by atoms with van der Waals surface area (Å²) < 4.78 is 5.79. The first-order chi connectivity index (χ1) is 8.18. The van der Waals surface area contributed by atoms with Crippen LogP contribution in [0.15, 0.2) is 11.3 Å². The number of rotatable bonds is 1. The molecule has 1 heterocycles. The fourth-order valence-electron chi connectivity index (χ4n) is 2.83. The molecule has 102 valence electrons. The van der Waals surface area contributed by atoms with E-state index in [1.54, 1.807) is 0 Å². The quantitative estimate of drug-likeness (QED) is 0.524. The van der Waals surface area contributed by atoms with Gasteiger partial charge in [0.25, 0.3) is 0 Å². The number of esters is 1. The maximum Gasteiger partial charge on any atom is 0.330 e. The first-order valence-electron chi connectivity index (χ1n) is 7.15. The standard InChI is InChI=1S/C15H26O2Si/c1-14(2,3)18(4,5)12-11-15(17-13(12)16)9-7-6-8-10-15/h11H,6-10H2,1-5H3.